The summed E-state index contributed by atoms with van der Waals surface area (Å²) in [5.74, 6) is 1.15. The van der Waals surface area contributed by atoms with E-state index in [-0.39, 0.29) is 41.9 Å². The summed E-state index contributed by atoms with van der Waals surface area (Å²) in [5.41, 5.74) is 6.59. The fraction of sp³-hybridized carbons (Fsp3) is 0.909. The number of rotatable bonds is 4. The lowest BCUT2D eigenvalue weighted by atomic mass is 9.84. The van der Waals surface area contributed by atoms with Crippen LogP contribution in [0.5, 0.6) is 0 Å². The zero-order valence-corrected chi connectivity index (χ0v) is 18.7. The van der Waals surface area contributed by atoms with Crippen LogP contribution >= 0.6 is 0 Å². The Balaban J connectivity index is 1.18. The van der Waals surface area contributed by atoms with E-state index in [4.69, 9.17) is 0 Å². The average molecular weight is 434 g/mol. The van der Waals surface area contributed by atoms with Crippen molar-refractivity contribution in [3.05, 3.63) is 0 Å². The van der Waals surface area contributed by atoms with Gasteiger partial charge in [-0.25, -0.2) is 5.43 Å². The highest BCUT2D eigenvalue weighted by atomic mass is 16.2. The summed E-state index contributed by atoms with van der Waals surface area (Å²) in [7, 11) is 1.89. The SMILES string of the molecule is CN(CC1CNCCN1)C(=O)C1NNC2CCN(C(=O)C3CC4CCCCC4N3)CC21. The first-order valence-corrected chi connectivity index (χ1v) is 12.3. The molecular weight excluding hydrogens is 394 g/mol. The Kier molecular flexibility index (Phi) is 6.48. The van der Waals surface area contributed by atoms with E-state index < -0.39 is 0 Å². The molecular formula is C22H39N7O2. The molecule has 0 aromatic rings. The quantitative estimate of drug-likeness (QED) is 0.373. The first-order valence-electron chi connectivity index (χ1n) is 12.3. The van der Waals surface area contributed by atoms with Gasteiger partial charge in [-0.1, -0.05) is 12.8 Å². The molecule has 5 rings (SSSR count). The number of carbonyl (C=O) groups excluding carboxylic acids is 2. The Morgan fingerprint density at radius 1 is 1.06 bits per heavy atom. The second-order valence-corrected chi connectivity index (χ2v) is 10.3. The predicted molar refractivity (Wildman–Crippen MR) is 118 cm³/mol. The zero-order valence-electron chi connectivity index (χ0n) is 18.7. The van der Waals surface area contributed by atoms with Gasteiger partial charge in [-0.2, -0.15) is 0 Å². The molecule has 9 nitrogen and oxygen atoms in total. The maximum Gasteiger partial charge on any atom is 0.241 e. The Hall–Kier alpha value is -1.26. The van der Waals surface area contributed by atoms with Gasteiger partial charge in [0.1, 0.15) is 6.04 Å². The van der Waals surface area contributed by atoms with Crippen molar-refractivity contribution >= 4 is 11.8 Å². The molecule has 4 saturated heterocycles. The Morgan fingerprint density at radius 2 is 1.94 bits per heavy atom. The summed E-state index contributed by atoms with van der Waals surface area (Å²) in [5, 5.41) is 10.5. The molecule has 7 unspecified atom stereocenters. The highest BCUT2D eigenvalue weighted by Crippen LogP contribution is 2.34. The molecule has 0 aromatic carbocycles. The normalized spacial score (nSPS) is 40.3. The van der Waals surface area contributed by atoms with Crippen LogP contribution in [0.25, 0.3) is 0 Å². The largest absolute Gasteiger partial charge is 0.343 e. The fourth-order valence-electron chi connectivity index (χ4n) is 6.48. The molecule has 31 heavy (non-hydrogen) atoms. The van der Waals surface area contributed by atoms with E-state index in [9.17, 15) is 9.59 Å². The lowest BCUT2D eigenvalue weighted by Gasteiger charge is -2.38. The van der Waals surface area contributed by atoms with E-state index in [2.05, 4.69) is 26.8 Å². The number of likely N-dealkylation sites (N-methyl/N-ethyl adjacent to an activating group) is 1. The van der Waals surface area contributed by atoms with E-state index in [1.807, 2.05) is 16.8 Å². The third-order valence-electron chi connectivity index (χ3n) is 8.25. The number of fused-ring (bicyclic) bond motifs is 2. The standard InChI is InChI=1S/C22H39N7O2/c1-28(12-15-11-23-7-8-24-15)22(31)20-16-13-29(9-6-18(16)26-27-20)21(30)19-10-14-4-2-3-5-17(14)25-19/h14-20,23-27H,2-13H2,1H3. The van der Waals surface area contributed by atoms with E-state index in [1.54, 1.807) is 0 Å². The topological polar surface area (TPSA) is 101 Å². The van der Waals surface area contributed by atoms with Crippen molar-refractivity contribution in [1.29, 1.82) is 0 Å². The molecule has 0 radical (unpaired) electrons. The molecule has 7 atom stereocenters. The van der Waals surface area contributed by atoms with Crippen molar-refractivity contribution in [2.45, 2.75) is 68.7 Å². The highest BCUT2D eigenvalue weighted by Gasteiger charge is 2.47. The predicted octanol–water partition coefficient (Wildman–Crippen LogP) is -1.38. The number of likely N-dealkylation sites (tertiary alicyclic amines) is 1. The summed E-state index contributed by atoms with van der Waals surface area (Å²) in [4.78, 5) is 30.4. The summed E-state index contributed by atoms with van der Waals surface area (Å²) in [6, 6.07) is 0.755. The summed E-state index contributed by atoms with van der Waals surface area (Å²) in [6.45, 7) is 4.93. The molecule has 2 amide bonds. The van der Waals surface area contributed by atoms with Crippen molar-refractivity contribution in [3.63, 3.8) is 0 Å². The highest BCUT2D eigenvalue weighted by molar-refractivity contribution is 5.84. The van der Waals surface area contributed by atoms with E-state index in [0.29, 0.717) is 25.0 Å². The maximum absolute atomic E-state index is 13.3. The molecule has 4 heterocycles. The van der Waals surface area contributed by atoms with Gasteiger partial charge in [0.15, 0.2) is 0 Å². The van der Waals surface area contributed by atoms with Crippen molar-refractivity contribution in [2.75, 3.05) is 46.3 Å². The Bertz CT molecular complexity index is 656. The molecule has 5 N–H and O–H groups in total. The molecule has 1 saturated carbocycles. The lowest BCUT2D eigenvalue weighted by Crippen LogP contribution is -2.57. The Labute approximate surface area is 185 Å². The van der Waals surface area contributed by atoms with Gasteiger partial charge in [0, 0.05) is 70.4 Å². The van der Waals surface area contributed by atoms with Crippen LogP contribution in [0.2, 0.25) is 0 Å². The van der Waals surface area contributed by atoms with E-state index in [0.717, 1.165) is 39.0 Å². The minimum Gasteiger partial charge on any atom is -0.343 e. The number of hydrogen-bond donors (Lipinski definition) is 5. The number of hydrazine groups is 1. The maximum atomic E-state index is 13.3. The van der Waals surface area contributed by atoms with Gasteiger partial charge in [-0.05, 0) is 31.6 Å². The van der Waals surface area contributed by atoms with Gasteiger partial charge < -0.3 is 25.8 Å². The second-order valence-electron chi connectivity index (χ2n) is 10.3. The number of amides is 2. The average Bonchev–Trinajstić information content (AvgIpc) is 3.42. The Morgan fingerprint density at radius 3 is 2.74 bits per heavy atom. The first-order chi connectivity index (χ1) is 15.1. The summed E-state index contributed by atoms with van der Waals surface area (Å²) in [6.07, 6.45) is 6.93. The van der Waals surface area contributed by atoms with Gasteiger partial charge in [0.2, 0.25) is 11.8 Å². The summed E-state index contributed by atoms with van der Waals surface area (Å²) < 4.78 is 0. The number of carbonyl (C=O) groups is 2. The van der Waals surface area contributed by atoms with Crippen LogP contribution in [0.15, 0.2) is 0 Å². The molecule has 4 aliphatic heterocycles. The van der Waals surface area contributed by atoms with Crippen LogP contribution in [0.4, 0.5) is 0 Å². The van der Waals surface area contributed by atoms with Crippen molar-refractivity contribution in [2.24, 2.45) is 11.8 Å². The second kappa shape index (κ2) is 9.31. The monoisotopic (exact) mass is 433 g/mol. The van der Waals surface area contributed by atoms with Crippen molar-refractivity contribution < 1.29 is 9.59 Å². The van der Waals surface area contributed by atoms with E-state index >= 15 is 0 Å². The van der Waals surface area contributed by atoms with Gasteiger partial charge in [-0.3, -0.25) is 15.0 Å². The molecule has 0 aromatic heterocycles. The third-order valence-corrected chi connectivity index (χ3v) is 8.25. The van der Waals surface area contributed by atoms with Crippen LogP contribution in [-0.4, -0.2) is 98.1 Å². The number of piperazine rings is 1. The smallest absolute Gasteiger partial charge is 0.241 e. The molecule has 174 valence electrons. The van der Waals surface area contributed by atoms with Gasteiger partial charge in [0.25, 0.3) is 0 Å². The van der Waals surface area contributed by atoms with Gasteiger partial charge in [0.05, 0.1) is 6.04 Å². The third kappa shape index (κ3) is 4.48. The molecule has 9 heteroatoms. The molecule has 5 fully saturated rings. The molecule has 5 aliphatic rings. The first kappa shape index (κ1) is 21.6. The van der Waals surface area contributed by atoms with Crippen molar-refractivity contribution in [3.8, 4) is 0 Å². The number of piperidine rings is 1. The minimum atomic E-state index is -0.277. The zero-order chi connectivity index (χ0) is 21.4. The lowest BCUT2D eigenvalue weighted by molar-refractivity contribution is -0.138. The van der Waals surface area contributed by atoms with Gasteiger partial charge >= 0.3 is 0 Å². The molecule has 0 spiro atoms. The fourth-order valence-corrected chi connectivity index (χ4v) is 6.48. The van der Waals surface area contributed by atoms with Crippen LogP contribution in [-0.2, 0) is 9.59 Å². The number of hydrogen-bond acceptors (Lipinski definition) is 7. The van der Waals surface area contributed by atoms with Gasteiger partial charge in [-0.15, -0.1) is 0 Å². The van der Waals surface area contributed by atoms with Crippen LogP contribution < -0.4 is 26.8 Å². The van der Waals surface area contributed by atoms with E-state index in [1.165, 1.54) is 25.7 Å². The molecule has 0 bridgehead atoms. The van der Waals surface area contributed by atoms with Crippen LogP contribution in [0, 0.1) is 11.8 Å². The number of nitrogens with one attached hydrogen (secondary N) is 5. The van der Waals surface area contributed by atoms with Crippen LogP contribution in [0.1, 0.15) is 38.5 Å². The van der Waals surface area contributed by atoms with Crippen molar-refractivity contribution in [1.82, 2.24) is 36.6 Å². The number of nitrogens with zero attached hydrogens (tertiary/aromatic N) is 2. The minimum absolute atomic E-state index is 0.0336. The molecule has 1 aliphatic carbocycles. The van der Waals surface area contributed by atoms with Crippen LogP contribution in [0.3, 0.4) is 0 Å². The summed E-state index contributed by atoms with van der Waals surface area (Å²) >= 11 is 0.